The normalized spacial score (nSPS) is 19.5. The standard InChI is InChI=1S/C24H34ClN7O2/c1-12(2)20-22-21(31-30-20)23(27-11-14-9-19(34)17(25)10-18(14)33)29-24(32(22)13(3)4)28-16-7-5-15(26)6-8-16/h9-10,12-13,15-16,33-34H,5-8,11,26H2,1-4H3,(H,30,31)(H,27,28,29). The lowest BCUT2D eigenvalue weighted by Gasteiger charge is -2.24. The lowest BCUT2D eigenvalue weighted by Crippen LogP contribution is -2.33. The van der Waals surface area contributed by atoms with Gasteiger partial charge < -0.3 is 25.8 Å². The Balaban J connectivity index is 1.83. The average molecular weight is 488 g/mol. The van der Waals surface area contributed by atoms with Gasteiger partial charge in [-0.15, -0.1) is 0 Å². The number of hydrogen-bond acceptors (Lipinski definition) is 7. The molecule has 34 heavy (non-hydrogen) atoms. The van der Waals surface area contributed by atoms with Crippen LogP contribution in [-0.2, 0) is 6.54 Å². The van der Waals surface area contributed by atoms with Crippen molar-refractivity contribution >= 4 is 28.5 Å². The zero-order valence-electron chi connectivity index (χ0n) is 20.1. The molecule has 3 aromatic rings. The van der Waals surface area contributed by atoms with Crippen molar-refractivity contribution in [1.29, 1.82) is 0 Å². The van der Waals surface area contributed by atoms with E-state index in [-0.39, 0.29) is 47.1 Å². The molecule has 0 unspecified atom stereocenters. The maximum absolute atomic E-state index is 10.3. The molecular weight excluding hydrogens is 454 g/mol. The van der Waals surface area contributed by atoms with Crippen molar-refractivity contribution in [3.63, 3.8) is 0 Å². The highest BCUT2D eigenvalue weighted by Gasteiger charge is 2.22. The van der Waals surface area contributed by atoms with Crippen LogP contribution in [0.4, 0.5) is 5.82 Å². The molecule has 6 N–H and O–H groups in total. The minimum atomic E-state index is -0.0897. The number of aromatic nitrogens is 4. The summed E-state index contributed by atoms with van der Waals surface area (Å²) < 4.78 is 2.15. The van der Waals surface area contributed by atoms with Crippen LogP contribution in [0, 0.1) is 0 Å². The second-order valence-corrected chi connectivity index (χ2v) is 10.1. The van der Waals surface area contributed by atoms with E-state index >= 15 is 0 Å². The number of benzene rings is 1. The van der Waals surface area contributed by atoms with Crippen molar-refractivity contribution in [3.05, 3.63) is 34.0 Å². The summed E-state index contributed by atoms with van der Waals surface area (Å²) in [5, 5.41) is 31.4. The third-order valence-corrected chi connectivity index (χ3v) is 6.69. The summed E-state index contributed by atoms with van der Waals surface area (Å²) in [6.45, 7) is 8.72. The molecule has 4 rings (SSSR count). The molecule has 1 fully saturated rings. The van der Waals surface area contributed by atoms with Crippen molar-refractivity contribution in [2.75, 3.05) is 5.32 Å². The fourth-order valence-electron chi connectivity index (χ4n) is 4.48. The lowest BCUT2D eigenvalue weighted by atomic mass is 9.92. The predicted molar refractivity (Wildman–Crippen MR) is 134 cm³/mol. The van der Waals surface area contributed by atoms with Gasteiger partial charge in [0.1, 0.15) is 11.5 Å². The van der Waals surface area contributed by atoms with E-state index in [0.29, 0.717) is 22.5 Å². The molecule has 2 aromatic heterocycles. The molecule has 184 valence electrons. The number of nitrogens with two attached hydrogens (primary N) is 1. The number of nitrogens with one attached hydrogen (secondary N) is 2. The number of rotatable bonds is 6. The fourth-order valence-corrected chi connectivity index (χ4v) is 4.64. The Labute approximate surface area is 204 Å². The van der Waals surface area contributed by atoms with Crippen LogP contribution in [0.5, 0.6) is 11.5 Å². The number of phenolic OH excluding ortho intramolecular Hbond substituents is 2. The number of fused-ring (bicyclic) bond motifs is 1. The van der Waals surface area contributed by atoms with E-state index in [1.54, 1.807) is 0 Å². The van der Waals surface area contributed by atoms with E-state index in [1.165, 1.54) is 12.1 Å². The highest BCUT2D eigenvalue weighted by molar-refractivity contribution is 6.32. The third-order valence-electron chi connectivity index (χ3n) is 6.39. The first-order valence-electron chi connectivity index (χ1n) is 11.9. The average Bonchev–Trinajstić information content (AvgIpc) is 3.21. The minimum absolute atomic E-state index is 0.00641. The van der Waals surface area contributed by atoms with Gasteiger partial charge in [0.15, 0.2) is 11.3 Å². The van der Waals surface area contributed by atoms with Crippen LogP contribution in [0.2, 0.25) is 5.02 Å². The van der Waals surface area contributed by atoms with Crippen LogP contribution >= 0.6 is 11.6 Å². The van der Waals surface area contributed by atoms with Crippen molar-refractivity contribution in [2.45, 2.75) is 84.0 Å². The van der Waals surface area contributed by atoms with Gasteiger partial charge in [0, 0.05) is 30.3 Å². The van der Waals surface area contributed by atoms with Crippen molar-refractivity contribution in [1.82, 2.24) is 19.7 Å². The molecule has 1 aromatic carbocycles. The molecule has 0 amide bonds. The summed E-state index contributed by atoms with van der Waals surface area (Å²) in [6, 6.07) is 3.32. The quantitative estimate of drug-likeness (QED) is 0.328. The van der Waals surface area contributed by atoms with Crippen molar-refractivity contribution in [3.8, 4) is 11.5 Å². The molecule has 0 spiro atoms. The Morgan fingerprint density at radius 3 is 2.53 bits per heavy atom. The Morgan fingerprint density at radius 1 is 1.18 bits per heavy atom. The first-order chi connectivity index (χ1) is 16.2. The molecule has 1 aliphatic carbocycles. The summed E-state index contributed by atoms with van der Waals surface area (Å²) in [6.07, 6.45) is 3.82. The summed E-state index contributed by atoms with van der Waals surface area (Å²) in [5.41, 5.74) is 9.94. The largest absolute Gasteiger partial charge is 0.508 e. The molecule has 0 bridgehead atoms. The van der Waals surface area contributed by atoms with Gasteiger partial charge in [-0.1, -0.05) is 25.4 Å². The van der Waals surface area contributed by atoms with Crippen LogP contribution in [0.3, 0.4) is 0 Å². The molecule has 1 aliphatic rings. The number of anilines is 1. The molecular formula is C24H34ClN7O2. The van der Waals surface area contributed by atoms with Gasteiger partial charge in [0.05, 0.1) is 22.3 Å². The first kappa shape index (κ1) is 24.3. The van der Waals surface area contributed by atoms with Gasteiger partial charge in [-0.25, -0.2) is 4.99 Å². The Bertz CT molecular complexity index is 1240. The number of hydrogen-bond donors (Lipinski definition) is 5. The van der Waals surface area contributed by atoms with E-state index in [1.807, 2.05) is 0 Å². The van der Waals surface area contributed by atoms with Crippen LogP contribution in [0.1, 0.15) is 76.6 Å². The van der Waals surface area contributed by atoms with Gasteiger partial charge in [-0.05, 0) is 51.5 Å². The minimum Gasteiger partial charge on any atom is -0.508 e. The van der Waals surface area contributed by atoms with Crippen LogP contribution in [0.15, 0.2) is 17.1 Å². The molecule has 0 atom stereocenters. The highest BCUT2D eigenvalue weighted by Crippen LogP contribution is 2.32. The Morgan fingerprint density at radius 2 is 1.88 bits per heavy atom. The van der Waals surface area contributed by atoms with E-state index in [0.717, 1.165) is 36.9 Å². The number of aromatic amines is 1. The van der Waals surface area contributed by atoms with E-state index < -0.39 is 0 Å². The van der Waals surface area contributed by atoms with Gasteiger partial charge in [0.2, 0.25) is 5.62 Å². The maximum Gasteiger partial charge on any atom is 0.227 e. The number of halogens is 1. The van der Waals surface area contributed by atoms with E-state index in [4.69, 9.17) is 27.3 Å². The Kier molecular flexibility index (Phi) is 7.04. The molecule has 2 heterocycles. The van der Waals surface area contributed by atoms with Crippen LogP contribution < -0.4 is 16.7 Å². The summed E-state index contributed by atoms with van der Waals surface area (Å²) in [4.78, 5) is 9.96. The van der Waals surface area contributed by atoms with E-state index in [9.17, 15) is 10.2 Å². The molecule has 9 nitrogen and oxygen atoms in total. The summed E-state index contributed by atoms with van der Waals surface area (Å²) in [5.74, 6) is 0.694. The molecule has 0 radical (unpaired) electrons. The molecule has 10 heteroatoms. The predicted octanol–water partition coefficient (Wildman–Crippen LogP) is 4.31. The Hall–Kier alpha value is -2.78. The zero-order valence-corrected chi connectivity index (χ0v) is 20.9. The van der Waals surface area contributed by atoms with Crippen LogP contribution in [0.25, 0.3) is 11.0 Å². The molecule has 0 saturated heterocycles. The van der Waals surface area contributed by atoms with Crippen molar-refractivity contribution < 1.29 is 10.2 Å². The number of nitrogens with zero attached hydrogens (tertiary/aromatic N) is 4. The number of phenols is 2. The molecule has 1 saturated carbocycles. The van der Waals surface area contributed by atoms with Gasteiger partial charge in [-0.3, -0.25) is 5.10 Å². The lowest BCUT2D eigenvalue weighted by molar-refractivity contribution is 0.386. The van der Waals surface area contributed by atoms with E-state index in [2.05, 4.69) is 47.8 Å². The zero-order chi connectivity index (χ0) is 24.6. The topological polar surface area (TPSA) is 137 Å². The molecule has 0 aliphatic heterocycles. The summed E-state index contributed by atoms with van der Waals surface area (Å²) >= 11 is 5.90. The van der Waals surface area contributed by atoms with Gasteiger partial charge in [-0.2, -0.15) is 10.1 Å². The first-order valence-corrected chi connectivity index (χ1v) is 12.3. The fraction of sp³-hybridized carbons (Fsp3) is 0.542. The number of aromatic hydroxyl groups is 2. The highest BCUT2D eigenvalue weighted by atomic mass is 35.5. The second kappa shape index (κ2) is 9.84. The van der Waals surface area contributed by atoms with Crippen molar-refractivity contribution in [2.24, 2.45) is 10.7 Å². The van der Waals surface area contributed by atoms with Gasteiger partial charge in [0.25, 0.3) is 0 Å². The third kappa shape index (κ3) is 4.86. The SMILES string of the molecule is CC(C)c1[nH]nc2c(NCc3cc(O)c(Cl)cc3O)nc(=NC3CCC(N)CC3)n(C(C)C)c12. The van der Waals surface area contributed by atoms with Crippen LogP contribution in [-0.4, -0.2) is 42.0 Å². The number of H-pyrrole nitrogens is 1. The monoisotopic (exact) mass is 487 g/mol. The smallest absolute Gasteiger partial charge is 0.227 e. The summed E-state index contributed by atoms with van der Waals surface area (Å²) in [7, 11) is 0. The maximum atomic E-state index is 10.3. The van der Waals surface area contributed by atoms with Gasteiger partial charge >= 0.3 is 0 Å². The second-order valence-electron chi connectivity index (χ2n) is 9.70.